The number of nitrogens with one attached hydrogen (secondary N) is 1. The second kappa shape index (κ2) is 9.38. The third-order valence-corrected chi connectivity index (χ3v) is 5.39. The molecule has 0 atom stereocenters. The van der Waals surface area contributed by atoms with Crippen LogP contribution in [0.3, 0.4) is 0 Å². The van der Waals surface area contributed by atoms with Crippen LogP contribution in [0.5, 0.6) is 0 Å². The van der Waals surface area contributed by atoms with Crippen molar-refractivity contribution in [2.75, 3.05) is 42.9 Å². The quantitative estimate of drug-likeness (QED) is 0.837. The molecule has 1 aliphatic rings. The molecule has 1 fully saturated rings. The van der Waals surface area contributed by atoms with Gasteiger partial charge >= 0.3 is 0 Å². The van der Waals surface area contributed by atoms with Crippen molar-refractivity contribution in [2.24, 2.45) is 0 Å². The highest BCUT2D eigenvalue weighted by Gasteiger charge is 2.16. The number of nitriles is 1. The van der Waals surface area contributed by atoms with Gasteiger partial charge in [0.1, 0.15) is 0 Å². The zero-order chi connectivity index (χ0) is 19.9. The summed E-state index contributed by atoms with van der Waals surface area (Å²) < 4.78 is 0. The summed E-state index contributed by atoms with van der Waals surface area (Å²) >= 11 is 0. The summed E-state index contributed by atoms with van der Waals surface area (Å²) in [5.74, 6) is 0.0109. The van der Waals surface area contributed by atoms with Crippen LogP contribution >= 0.6 is 0 Å². The molecule has 0 aromatic heterocycles. The molecule has 2 aromatic carbocycles. The maximum Gasteiger partial charge on any atom is 0.224 e. The highest BCUT2D eigenvalue weighted by atomic mass is 16.1. The molecule has 0 spiro atoms. The number of piperazine rings is 1. The molecular formula is C23H28N4O. The molecule has 0 saturated carbocycles. The summed E-state index contributed by atoms with van der Waals surface area (Å²) in [6.45, 7) is 9.65. The van der Waals surface area contributed by atoms with E-state index in [9.17, 15) is 4.79 Å². The van der Waals surface area contributed by atoms with Gasteiger partial charge in [0.2, 0.25) is 5.91 Å². The van der Waals surface area contributed by atoms with Crippen LogP contribution in [0.2, 0.25) is 0 Å². The molecule has 5 heteroatoms. The molecule has 0 unspecified atom stereocenters. The predicted molar refractivity (Wildman–Crippen MR) is 114 cm³/mol. The molecule has 28 heavy (non-hydrogen) atoms. The molecule has 0 radical (unpaired) electrons. The average molecular weight is 377 g/mol. The first kappa shape index (κ1) is 19.9. The van der Waals surface area contributed by atoms with E-state index in [0.29, 0.717) is 18.4 Å². The summed E-state index contributed by atoms with van der Waals surface area (Å²) in [5, 5.41) is 11.9. The number of aryl methyl sites for hydroxylation is 2. The summed E-state index contributed by atoms with van der Waals surface area (Å²) in [5.41, 5.74) is 4.89. The Balaban J connectivity index is 1.53. The molecular weight excluding hydrogens is 348 g/mol. The van der Waals surface area contributed by atoms with Gasteiger partial charge in [-0.1, -0.05) is 19.1 Å². The van der Waals surface area contributed by atoms with Crippen LogP contribution in [0.15, 0.2) is 42.5 Å². The Bertz CT molecular complexity index is 846. The van der Waals surface area contributed by atoms with Crippen LogP contribution in [0.4, 0.5) is 11.4 Å². The Hall–Kier alpha value is -2.84. The zero-order valence-corrected chi connectivity index (χ0v) is 16.7. The predicted octanol–water partition coefficient (Wildman–Crippen LogP) is 3.58. The van der Waals surface area contributed by atoms with E-state index < -0.39 is 0 Å². The van der Waals surface area contributed by atoms with Gasteiger partial charge in [-0.05, 0) is 61.3 Å². The molecule has 1 heterocycles. The fourth-order valence-corrected chi connectivity index (χ4v) is 3.52. The van der Waals surface area contributed by atoms with Crippen molar-refractivity contribution in [3.05, 3.63) is 59.2 Å². The highest BCUT2D eigenvalue weighted by molar-refractivity contribution is 5.91. The first-order valence-corrected chi connectivity index (χ1v) is 9.96. The van der Waals surface area contributed by atoms with Gasteiger partial charge in [0.05, 0.1) is 11.6 Å². The summed E-state index contributed by atoms with van der Waals surface area (Å²) in [6.07, 6.45) is 1.09. The number of likely N-dealkylation sites (N-methyl/N-ethyl adjacent to an activating group) is 1. The van der Waals surface area contributed by atoms with E-state index in [1.807, 2.05) is 25.1 Å². The molecule has 0 aliphatic carbocycles. The Morgan fingerprint density at radius 2 is 1.82 bits per heavy atom. The Kier molecular flexibility index (Phi) is 6.67. The lowest BCUT2D eigenvalue weighted by Gasteiger charge is -2.35. The van der Waals surface area contributed by atoms with E-state index in [2.05, 4.69) is 40.2 Å². The molecule has 0 bridgehead atoms. The molecule has 146 valence electrons. The van der Waals surface area contributed by atoms with Crippen LogP contribution in [0, 0.1) is 18.3 Å². The minimum absolute atomic E-state index is 0.0109. The van der Waals surface area contributed by atoms with Gasteiger partial charge in [-0.25, -0.2) is 0 Å². The SMILES string of the molecule is CCN1CCN(c2ccc(NC(=O)CCc3ccc(C#N)cc3)c(C)c2)CC1. The van der Waals surface area contributed by atoms with Gasteiger partial charge in [-0.3, -0.25) is 4.79 Å². The maximum atomic E-state index is 12.3. The smallest absolute Gasteiger partial charge is 0.224 e. The number of carbonyl (C=O) groups is 1. The summed E-state index contributed by atoms with van der Waals surface area (Å²) in [4.78, 5) is 17.2. The van der Waals surface area contributed by atoms with Crippen LogP contribution in [-0.4, -0.2) is 43.5 Å². The summed E-state index contributed by atoms with van der Waals surface area (Å²) in [7, 11) is 0. The second-order valence-electron chi connectivity index (χ2n) is 7.28. The summed E-state index contributed by atoms with van der Waals surface area (Å²) in [6, 6.07) is 15.8. The van der Waals surface area contributed by atoms with E-state index >= 15 is 0 Å². The van der Waals surface area contributed by atoms with E-state index in [1.165, 1.54) is 5.69 Å². The van der Waals surface area contributed by atoms with E-state index in [-0.39, 0.29) is 5.91 Å². The zero-order valence-electron chi connectivity index (χ0n) is 16.7. The monoisotopic (exact) mass is 376 g/mol. The highest BCUT2D eigenvalue weighted by Crippen LogP contribution is 2.24. The number of hydrogen-bond acceptors (Lipinski definition) is 4. The lowest BCUT2D eigenvalue weighted by molar-refractivity contribution is -0.116. The van der Waals surface area contributed by atoms with Gasteiger partial charge in [-0.2, -0.15) is 5.26 Å². The minimum atomic E-state index is 0.0109. The van der Waals surface area contributed by atoms with Gasteiger partial charge in [0.15, 0.2) is 0 Å². The second-order valence-corrected chi connectivity index (χ2v) is 7.28. The van der Waals surface area contributed by atoms with Crippen molar-refractivity contribution < 1.29 is 4.79 Å². The lowest BCUT2D eigenvalue weighted by atomic mass is 10.1. The number of rotatable bonds is 6. The van der Waals surface area contributed by atoms with Crippen LogP contribution in [-0.2, 0) is 11.2 Å². The van der Waals surface area contributed by atoms with Crippen molar-refractivity contribution in [3.63, 3.8) is 0 Å². The van der Waals surface area contributed by atoms with Crippen LogP contribution in [0.25, 0.3) is 0 Å². The van der Waals surface area contributed by atoms with Crippen molar-refractivity contribution in [1.82, 2.24) is 4.90 Å². The normalized spacial score (nSPS) is 14.5. The Labute approximate surface area is 167 Å². The standard InChI is InChI=1S/C23H28N4O/c1-3-26-12-14-27(15-13-26)21-9-10-22(18(2)16-21)25-23(28)11-8-19-4-6-20(17-24)7-5-19/h4-7,9-10,16H,3,8,11-15H2,1-2H3,(H,25,28). The molecule has 2 aromatic rings. The van der Waals surface area contributed by atoms with E-state index in [0.717, 1.165) is 49.5 Å². The average Bonchev–Trinajstić information content (AvgIpc) is 2.74. The van der Waals surface area contributed by atoms with Crippen molar-refractivity contribution in [2.45, 2.75) is 26.7 Å². The molecule has 1 N–H and O–H groups in total. The van der Waals surface area contributed by atoms with Crippen LogP contribution < -0.4 is 10.2 Å². The number of carbonyl (C=O) groups excluding carboxylic acids is 1. The van der Waals surface area contributed by atoms with Crippen molar-refractivity contribution >= 4 is 17.3 Å². The van der Waals surface area contributed by atoms with Gasteiger partial charge in [-0.15, -0.1) is 0 Å². The first-order valence-electron chi connectivity index (χ1n) is 9.96. The number of nitrogens with zero attached hydrogens (tertiary/aromatic N) is 3. The first-order chi connectivity index (χ1) is 13.6. The third-order valence-electron chi connectivity index (χ3n) is 5.39. The topological polar surface area (TPSA) is 59.4 Å². The Morgan fingerprint density at radius 3 is 2.43 bits per heavy atom. The van der Waals surface area contributed by atoms with Gasteiger partial charge in [0, 0.05) is 44.0 Å². The van der Waals surface area contributed by atoms with E-state index in [1.54, 1.807) is 12.1 Å². The van der Waals surface area contributed by atoms with Crippen molar-refractivity contribution in [3.8, 4) is 6.07 Å². The third kappa shape index (κ3) is 5.11. The minimum Gasteiger partial charge on any atom is -0.369 e. The van der Waals surface area contributed by atoms with Crippen LogP contribution in [0.1, 0.15) is 30.0 Å². The molecule has 1 saturated heterocycles. The number of anilines is 2. The number of hydrogen-bond donors (Lipinski definition) is 1. The molecule has 1 aliphatic heterocycles. The number of amides is 1. The molecule has 1 amide bonds. The molecule has 3 rings (SSSR count). The van der Waals surface area contributed by atoms with Gasteiger partial charge < -0.3 is 15.1 Å². The van der Waals surface area contributed by atoms with Gasteiger partial charge in [0.25, 0.3) is 0 Å². The van der Waals surface area contributed by atoms with Crippen molar-refractivity contribution in [1.29, 1.82) is 5.26 Å². The Morgan fingerprint density at radius 1 is 1.11 bits per heavy atom. The number of benzene rings is 2. The largest absolute Gasteiger partial charge is 0.369 e. The fraction of sp³-hybridized carbons (Fsp3) is 0.391. The molecule has 5 nitrogen and oxygen atoms in total. The maximum absolute atomic E-state index is 12.3. The fourth-order valence-electron chi connectivity index (χ4n) is 3.52. The van der Waals surface area contributed by atoms with E-state index in [4.69, 9.17) is 5.26 Å². The lowest BCUT2D eigenvalue weighted by Crippen LogP contribution is -2.46.